The number of rotatable bonds is 6. The second-order valence-corrected chi connectivity index (χ2v) is 9.53. The molecule has 5 unspecified atom stereocenters. The van der Waals surface area contributed by atoms with Crippen LogP contribution in [0, 0.1) is 29.5 Å². The lowest BCUT2D eigenvalue weighted by molar-refractivity contribution is 0.0577. The maximum Gasteiger partial charge on any atom is 0.404 e. The van der Waals surface area contributed by atoms with Crippen LogP contribution in [0.3, 0.4) is 0 Å². The number of aromatic nitrogens is 1. The molecule has 0 bridgehead atoms. The van der Waals surface area contributed by atoms with Gasteiger partial charge in [-0.25, -0.2) is 9.18 Å². The molecule has 4 nitrogen and oxygen atoms in total. The Hall–Kier alpha value is -2.41. The molecule has 170 valence electrons. The number of benzene rings is 1. The van der Waals surface area contributed by atoms with Crippen molar-refractivity contribution in [2.45, 2.75) is 37.4 Å². The molecule has 0 saturated heterocycles. The lowest BCUT2D eigenvalue weighted by atomic mass is 9.62. The van der Waals surface area contributed by atoms with E-state index in [2.05, 4.69) is 11.1 Å². The molecule has 2 aliphatic rings. The van der Waals surface area contributed by atoms with Gasteiger partial charge in [-0.1, -0.05) is 43.5 Å². The Kier molecular flexibility index (Phi) is 7.45. The molecule has 2 aliphatic carbocycles. The predicted molar refractivity (Wildman–Crippen MR) is 124 cm³/mol. The minimum Gasteiger partial charge on any atom is -0.449 e. The number of carbonyl (C=O) groups is 1. The van der Waals surface area contributed by atoms with Gasteiger partial charge in [-0.15, -0.1) is 0 Å². The molecule has 1 aromatic carbocycles. The molecular weight excluding hydrogens is 430 g/mol. The van der Waals surface area contributed by atoms with E-state index in [1.54, 1.807) is 12.3 Å². The minimum atomic E-state index is -0.812. The zero-order valence-electron chi connectivity index (χ0n) is 17.8. The molecule has 2 aromatic rings. The van der Waals surface area contributed by atoms with Gasteiger partial charge in [0, 0.05) is 35.1 Å². The number of allylic oxidation sites excluding steroid dienone is 1. The van der Waals surface area contributed by atoms with Gasteiger partial charge in [0.2, 0.25) is 0 Å². The molecule has 0 radical (unpaired) electrons. The second kappa shape index (κ2) is 10.5. The van der Waals surface area contributed by atoms with E-state index in [9.17, 15) is 13.1 Å². The number of nitrogens with zero attached hydrogens (tertiary/aromatic N) is 1. The highest BCUT2D eigenvalue weighted by atomic mass is 32.2. The van der Waals surface area contributed by atoms with Crippen molar-refractivity contribution in [3.63, 3.8) is 0 Å². The SMILES string of the molecule is NC(=O)OCC1CC2CCCCC2C(/C=C/c2ccc(-c3cccc(F)c3)cn2)C1SF. The van der Waals surface area contributed by atoms with Crippen LogP contribution < -0.4 is 5.73 Å². The van der Waals surface area contributed by atoms with E-state index in [1.165, 1.54) is 18.6 Å². The molecular formula is C25H28F2N2O2S. The lowest BCUT2D eigenvalue weighted by Gasteiger charge is -2.47. The van der Waals surface area contributed by atoms with Crippen LogP contribution in [0.25, 0.3) is 17.2 Å². The minimum absolute atomic E-state index is 0.0372. The number of hydrogen-bond acceptors (Lipinski definition) is 4. The van der Waals surface area contributed by atoms with E-state index in [-0.39, 0.29) is 29.5 Å². The van der Waals surface area contributed by atoms with E-state index in [0.717, 1.165) is 42.5 Å². The third kappa shape index (κ3) is 5.31. The van der Waals surface area contributed by atoms with E-state index >= 15 is 0 Å². The smallest absolute Gasteiger partial charge is 0.404 e. The van der Waals surface area contributed by atoms with Crippen LogP contribution in [0.2, 0.25) is 0 Å². The fourth-order valence-corrected chi connectivity index (χ4v) is 6.15. The van der Waals surface area contributed by atoms with Crippen molar-refractivity contribution in [2.24, 2.45) is 29.4 Å². The summed E-state index contributed by atoms with van der Waals surface area (Å²) in [6, 6.07) is 10.2. The monoisotopic (exact) mass is 458 g/mol. The van der Waals surface area contributed by atoms with Gasteiger partial charge < -0.3 is 10.5 Å². The van der Waals surface area contributed by atoms with E-state index in [1.807, 2.05) is 24.3 Å². The molecule has 1 aromatic heterocycles. The number of ether oxygens (including phenoxy) is 1. The van der Waals surface area contributed by atoms with Crippen LogP contribution >= 0.6 is 12.1 Å². The first-order valence-corrected chi connectivity index (χ1v) is 11.9. The molecule has 4 rings (SSSR count). The summed E-state index contributed by atoms with van der Waals surface area (Å²) in [5.74, 6) is 0.622. The molecule has 2 saturated carbocycles. The van der Waals surface area contributed by atoms with Gasteiger partial charge in [-0.2, -0.15) is 3.89 Å². The lowest BCUT2D eigenvalue weighted by Crippen LogP contribution is -2.44. The summed E-state index contributed by atoms with van der Waals surface area (Å²) in [5, 5.41) is -0.281. The van der Waals surface area contributed by atoms with Gasteiger partial charge in [-0.3, -0.25) is 4.98 Å². The predicted octanol–water partition coefficient (Wildman–Crippen LogP) is 6.43. The molecule has 2 fully saturated rings. The van der Waals surface area contributed by atoms with Gasteiger partial charge >= 0.3 is 6.09 Å². The van der Waals surface area contributed by atoms with Crippen LogP contribution in [-0.2, 0) is 4.74 Å². The van der Waals surface area contributed by atoms with Crippen molar-refractivity contribution in [2.75, 3.05) is 6.61 Å². The van der Waals surface area contributed by atoms with E-state index in [4.69, 9.17) is 10.5 Å². The number of hydrogen-bond donors (Lipinski definition) is 1. The van der Waals surface area contributed by atoms with Gasteiger partial charge in [0.15, 0.2) is 0 Å². The average molecular weight is 459 g/mol. The summed E-state index contributed by atoms with van der Waals surface area (Å²) in [6.07, 6.45) is 10.4. The quantitative estimate of drug-likeness (QED) is 0.542. The average Bonchev–Trinajstić information content (AvgIpc) is 2.81. The van der Waals surface area contributed by atoms with Crippen LogP contribution in [0.15, 0.2) is 48.7 Å². The van der Waals surface area contributed by atoms with Crippen LogP contribution in [-0.4, -0.2) is 22.9 Å². The number of amides is 1. The standard InChI is InChI=1S/C25H28F2N2O2S/c26-20-6-3-5-16(13-20)18-8-9-21(29-14-18)10-11-23-22-7-2-1-4-17(22)12-19(24(23)32-27)15-31-25(28)30/h3,5-6,8-11,13-14,17,19,22-24H,1-2,4,7,12,15H2,(H2,28,30)/b11-10+. The summed E-state index contributed by atoms with van der Waals surface area (Å²) in [7, 11) is 0. The fourth-order valence-electron chi connectivity index (χ4n) is 5.41. The number of fused-ring (bicyclic) bond motifs is 1. The Morgan fingerprint density at radius 3 is 2.78 bits per heavy atom. The van der Waals surface area contributed by atoms with Crippen LogP contribution in [0.4, 0.5) is 13.1 Å². The van der Waals surface area contributed by atoms with Gasteiger partial charge in [0.25, 0.3) is 0 Å². The first-order valence-electron chi connectivity index (χ1n) is 11.1. The maximum absolute atomic E-state index is 14.1. The highest BCUT2D eigenvalue weighted by molar-refractivity contribution is 7.95. The highest BCUT2D eigenvalue weighted by Gasteiger charge is 2.45. The van der Waals surface area contributed by atoms with Crippen molar-refractivity contribution in [1.29, 1.82) is 0 Å². The van der Waals surface area contributed by atoms with E-state index < -0.39 is 6.09 Å². The number of primary amides is 1. The number of carbonyl (C=O) groups excluding carboxylic acids is 1. The molecule has 0 aliphatic heterocycles. The van der Waals surface area contributed by atoms with E-state index in [0.29, 0.717) is 24.0 Å². The zero-order valence-corrected chi connectivity index (χ0v) is 18.6. The Bertz CT molecular complexity index is 953. The van der Waals surface area contributed by atoms with Crippen molar-refractivity contribution in [1.82, 2.24) is 4.98 Å². The first-order chi connectivity index (χ1) is 15.5. The third-order valence-electron chi connectivity index (χ3n) is 6.89. The molecule has 2 N–H and O–H groups in total. The molecule has 5 atom stereocenters. The number of nitrogens with two attached hydrogens (primary N) is 1. The Balaban J connectivity index is 1.53. The second-order valence-electron chi connectivity index (χ2n) is 8.81. The summed E-state index contributed by atoms with van der Waals surface area (Å²) in [4.78, 5) is 15.6. The normalized spacial score (nSPS) is 27.8. The molecule has 0 spiro atoms. The number of pyridine rings is 1. The van der Waals surface area contributed by atoms with Crippen molar-refractivity contribution < 1.29 is 17.8 Å². The summed E-state index contributed by atoms with van der Waals surface area (Å²) >= 11 is 0.366. The van der Waals surface area contributed by atoms with Gasteiger partial charge in [0.05, 0.1) is 12.3 Å². The first kappa shape index (κ1) is 22.8. The van der Waals surface area contributed by atoms with Gasteiger partial charge in [0.1, 0.15) is 5.82 Å². The fraction of sp³-hybridized carbons (Fsp3) is 0.440. The van der Waals surface area contributed by atoms with Crippen LogP contribution in [0.1, 0.15) is 37.8 Å². The van der Waals surface area contributed by atoms with Crippen LogP contribution in [0.5, 0.6) is 0 Å². The summed E-state index contributed by atoms with van der Waals surface area (Å²) in [6.45, 7) is 0.158. The molecule has 1 heterocycles. The Morgan fingerprint density at radius 2 is 2.06 bits per heavy atom. The summed E-state index contributed by atoms with van der Waals surface area (Å²) in [5.41, 5.74) is 7.54. The maximum atomic E-state index is 14.1. The third-order valence-corrected chi connectivity index (χ3v) is 7.79. The van der Waals surface area contributed by atoms with Crippen molar-refractivity contribution in [3.05, 3.63) is 60.2 Å². The Labute approximate surface area is 191 Å². The van der Waals surface area contributed by atoms with Gasteiger partial charge in [-0.05, 0) is 60.4 Å². The molecule has 1 amide bonds. The topological polar surface area (TPSA) is 65.2 Å². The molecule has 32 heavy (non-hydrogen) atoms. The highest BCUT2D eigenvalue weighted by Crippen LogP contribution is 2.50. The van der Waals surface area contributed by atoms with Crippen molar-refractivity contribution >= 4 is 24.3 Å². The zero-order chi connectivity index (χ0) is 22.5. The summed E-state index contributed by atoms with van der Waals surface area (Å²) < 4.78 is 32.7. The number of halogens is 2. The molecule has 7 heteroatoms. The Morgan fingerprint density at radius 1 is 1.22 bits per heavy atom. The largest absolute Gasteiger partial charge is 0.449 e. The van der Waals surface area contributed by atoms with Crippen molar-refractivity contribution in [3.8, 4) is 11.1 Å².